The summed E-state index contributed by atoms with van der Waals surface area (Å²) < 4.78 is 40.0. The number of rotatable bonds is 5. The van der Waals surface area contributed by atoms with Crippen LogP contribution in [0, 0.1) is 0 Å². The highest BCUT2D eigenvalue weighted by atomic mass is 19.4. The van der Waals surface area contributed by atoms with Crippen LogP contribution in [-0.2, 0) is 19.1 Å². The minimum atomic E-state index is -4.36. The minimum absolute atomic E-state index is 0.226. The lowest BCUT2D eigenvalue weighted by atomic mass is 9.98. The molecule has 0 amide bonds. The van der Waals surface area contributed by atoms with Gasteiger partial charge in [0.1, 0.15) is 0 Å². The van der Waals surface area contributed by atoms with Crippen molar-refractivity contribution < 1.29 is 13.2 Å². The van der Waals surface area contributed by atoms with Crippen LogP contribution in [0.4, 0.5) is 13.2 Å². The number of alkyl halides is 3. The van der Waals surface area contributed by atoms with Crippen LogP contribution < -0.4 is 0 Å². The van der Waals surface area contributed by atoms with Crippen molar-refractivity contribution in [2.75, 3.05) is 26.7 Å². The minimum Gasteiger partial charge on any atom is -0.301 e. The lowest BCUT2D eigenvalue weighted by Crippen LogP contribution is -2.51. The van der Waals surface area contributed by atoms with Crippen LogP contribution in [0.25, 0.3) is 11.1 Å². The van der Waals surface area contributed by atoms with Gasteiger partial charge in [-0.25, -0.2) is 0 Å². The Morgan fingerprint density at radius 1 is 0.806 bits per heavy atom. The standard InChI is InChI=1S/C26H27F3N2/c1-30-15-16-31(19-23(30)17-20-7-3-2-4-8-20)18-21-11-13-22(14-12-21)24-9-5-6-10-25(24)26(27,28)29/h2-14,23H,15-19H2,1H3. The number of halogens is 3. The van der Waals surface area contributed by atoms with E-state index in [9.17, 15) is 13.2 Å². The van der Waals surface area contributed by atoms with E-state index in [-0.39, 0.29) is 5.56 Å². The lowest BCUT2D eigenvalue weighted by Gasteiger charge is -2.39. The molecule has 2 nitrogen and oxygen atoms in total. The molecule has 162 valence electrons. The van der Waals surface area contributed by atoms with Gasteiger partial charge in [-0.1, -0.05) is 72.8 Å². The first-order valence-corrected chi connectivity index (χ1v) is 10.6. The molecule has 31 heavy (non-hydrogen) atoms. The van der Waals surface area contributed by atoms with Crippen LogP contribution in [0.15, 0.2) is 78.9 Å². The van der Waals surface area contributed by atoms with Crippen LogP contribution in [0.1, 0.15) is 16.7 Å². The quantitative estimate of drug-likeness (QED) is 0.516. The predicted octanol–water partition coefficient (Wildman–Crippen LogP) is 5.73. The van der Waals surface area contributed by atoms with Gasteiger partial charge in [-0.2, -0.15) is 13.2 Å². The van der Waals surface area contributed by atoms with Gasteiger partial charge in [0.05, 0.1) is 5.56 Å². The second kappa shape index (κ2) is 9.25. The van der Waals surface area contributed by atoms with E-state index < -0.39 is 11.7 Å². The van der Waals surface area contributed by atoms with Gasteiger partial charge < -0.3 is 4.90 Å². The van der Waals surface area contributed by atoms with Crippen LogP contribution in [-0.4, -0.2) is 42.5 Å². The normalized spacial score (nSPS) is 18.3. The van der Waals surface area contributed by atoms with Crippen LogP contribution in [0.5, 0.6) is 0 Å². The van der Waals surface area contributed by atoms with Gasteiger partial charge in [0.15, 0.2) is 0 Å². The molecule has 0 radical (unpaired) electrons. The van der Waals surface area contributed by atoms with Crippen LogP contribution in [0.3, 0.4) is 0 Å². The summed E-state index contributed by atoms with van der Waals surface area (Å²) >= 11 is 0. The van der Waals surface area contributed by atoms with Gasteiger partial charge in [0.2, 0.25) is 0 Å². The Morgan fingerprint density at radius 3 is 2.19 bits per heavy atom. The van der Waals surface area contributed by atoms with E-state index >= 15 is 0 Å². The van der Waals surface area contributed by atoms with E-state index in [1.807, 2.05) is 18.2 Å². The fourth-order valence-corrected chi connectivity index (χ4v) is 4.29. The molecule has 1 heterocycles. The number of hydrogen-bond donors (Lipinski definition) is 0. The maximum Gasteiger partial charge on any atom is 0.417 e. The Kier molecular flexibility index (Phi) is 6.44. The maximum absolute atomic E-state index is 13.3. The summed E-state index contributed by atoms with van der Waals surface area (Å²) in [6.45, 7) is 3.78. The van der Waals surface area contributed by atoms with Crippen molar-refractivity contribution in [3.05, 3.63) is 95.6 Å². The summed E-state index contributed by atoms with van der Waals surface area (Å²) in [7, 11) is 2.18. The average molecular weight is 425 g/mol. The Labute approximate surface area is 181 Å². The fourth-order valence-electron chi connectivity index (χ4n) is 4.29. The second-order valence-electron chi connectivity index (χ2n) is 8.30. The zero-order valence-corrected chi connectivity index (χ0v) is 17.6. The molecule has 1 atom stereocenters. The third kappa shape index (κ3) is 5.35. The van der Waals surface area contributed by atoms with Crippen molar-refractivity contribution in [3.63, 3.8) is 0 Å². The van der Waals surface area contributed by atoms with E-state index in [0.717, 1.165) is 44.2 Å². The van der Waals surface area contributed by atoms with Crippen LogP contribution >= 0.6 is 0 Å². The van der Waals surface area contributed by atoms with E-state index in [1.54, 1.807) is 18.2 Å². The lowest BCUT2D eigenvalue weighted by molar-refractivity contribution is -0.137. The molecule has 1 aliphatic heterocycles. The highest BCUT2D eigenvalue weighted by molar-refractivity contribution is 5.68. The summed E-state index contributed by atoms with van der Waals surface area (Å²) in [5, 5.41) is 0. The summed E-state index contributed by atoms with van der Waals surface area (Å²) in [4.78, 5) is 4.85. The molecule has 0 bridgehead atoms. The first-order chi connectivity index (χ1) is 14.9. The molecule has 3 aromatic carbocycles. The van der Waals surface area contributed by atoms with E-state index in [0.29, 0.717) is 11.6 Å². The largest absolute Gasteiger partial charge is 0.417 e. The molecule has 0 aromatic heterocycles. The number of piperazine rings is 1. The SMILES string of the molecule is CN1CCN(Cc2ccc(-c3ccccc3C(F)(F)F)cc2)CC1Cc1ccccc1. The maximum atomic E-state index is 13.3. The molecule has 0 saturated carbocycles. The van der Waals surface area contributed by atoms with Crippen molar-refractivity contribution in [1.29, 1.82) is 0 Å². The number of likely N-dealkylation sites (N-methyl/N-ethyl adjacent to an activating group) is 1. The van der Waals surface area contributed by atoms with Crippen molar-refractivity contribution in [3.8, 4) is 11.1 Å². The summed E-state index contributed by atoms with van der Waals surface area (Å²) in [5.74, 6) is 0. The Morgan fingerprint density at radius 2 is 1.48 bits per heavy atom. The Balaban J connectivity index is 1.44. The highest BCUT2D eigenvalue weighted by Crippen LogP contribution is 2.37. The third-order valence-corrected chi connectivity index (χ3v) is 6.08. The van der Waals surface area contributed by atoms with Crippen molar-refractivity contribution in [2.24, 2.45) is 0 Å². The summed E-state index contributed by atoms with van der Waals surface area (Å²) in [6.07, 6.45) is -3.34. The number of benzene rings is 3. The van der Waals surface area contributed by atoms with Gasteiger partial charge in [-0.05, 0) is 41.8 Å². The smallest absolute Gasteiger partial charge is 0.301 e. The fraction of sp³-hybridized carbons (Fsp3) is 0.308. The van der Waals surface area contributed by atoms with Gasteiger partial charge in [-0.15, -0.1) is 0 Å². The first kappa shape index (κ1) is 21.6. The highest BCUT2D eigenvalue weighted by Gasteiger charge is 2.33. The van der Waals surface area contributed by atoms with Crippen molar-refractivity contribution in [1.82, 2.24) is 9.80 Å². The first-order valence-electron chi connectivity index (χ1n) is 10.6. The van der Waals surface area contributed by atoms with Gasteiger partial charge >= 0.3 is 6.18 Å². The molecular weight excluding hydrogens is 397 g/mol. The number of hydrogen-bond acceptors (Lipinski definition) is 2. The Bertz CT molecular complexity index is 984. The van der Waals surface area contributed by atoms with Crippen molar-refractivity contribution in [2.45, 2.75) is 25.2 Å². The summed E-state index contributed by atoms with van der Waals surface area (Å²) in [6, 6.07) is 24.3. The molecule has 1 saturated heterocycles. The zero-order chi connectivity index (χ0) is 21.8. The number of nitrogens with zero attached hydrogens (tertiary/aromatic N) is 2. The molecule has 0 spiro atoms. The third-order valence-electron chi connectivity index (χ3n) is 6.08. The van der Waals surface area contributed by atoms with Gasteiger partial charge in [-0.3, -0.25) is 4.90 Å². The molecule has 0 N–H and O–H groups in total. The average Bonchev–Trinajstić information content (AvgIpc) is 2.77. The second-order valence-corrected chi connectivity index (χ2v) is 8.30. The molecule has 1 fully saturated rings. The molecule has 0 aliphatic carbocycles. The van der Waals surface area contributed by atoms with E-state index in [1.165, 1.54) is 17.7 Å². The molecular formula is C26H27F3N2. The molecule has 1 aliphatic rings. The molecule has 1 unspecified atom stereocenters. The molecule has 5 heteroatoms. The van der Waals surface area contributed by atoms with Crippen LogP contribution in [0.2, 0.25) is 0 Å². The molecule has 3 aromatic rings. The Hall–Kier alpha value is -2.63. The monoisotopic (exact) mass is 424 g/mol. The van der Waals surface area contributed by atoms with Gasteiger partial charge in [0, 0.05) is 32.2 Å². The van der Waals surface area contributed by atoms with E-state index in [4.69, 9.17) is 0 Å². The predicted molar refractivity (Wildman–Crippen MR) is 119 cm³/mol. The van der Waals surface area contributed by atoms with Gasteiger partial charge in [0.25, 0.3) is 0 Å². The van der Waals surface area contributed by atoms with Crippen molar-refractivity contribution >= 4 is 0 Å². The molecule has 4 rings (SSSR count). The van der Waals surface area contributed by atoms with E-state index in [2.05, 4.69) is 41.1 Å². The topological polar surface area (TPSA) is 6.48 Å². The zero-order valence-electron chi connectivity index (χ0n) is 17.6. The summed E-state index contributed by atoms with van der Waals surface area (Å²) in [5.41, 5.74) is 2.69.